The van der Waals surface area contributed by atoms with Crippen molar-refractivity contribution in [2.75, 3.05) is 32.2 Å². The first-order valence-corrected chi connectivity index (χ1v) is 8.38. The summed E-state index contributed by atoms with van der Waals surface area (Å²) in [6, 6.07) is -0.658. The highest BCUT2D eigenvalue weighted by Gasteiger charge is 2.18. The number of hydrogen-bond acceptors (Lipinski definition) is 5. The molecule has 0 aliphatic heterocycles. The van der Waals surface area contributed by atoms with Gasteiger partial charge < -0.3 is 20.5 Å². The van der Waals surface area contributed by atoms with Gasteiger partial charge >= 0.3 is 0 Å². The second-order valence-electron chi connectivity index (χ2n) is 4.92. The molecule has 0 saturated carbocycles. The summed E-state index contributed by atoms with van der Waals surface area (Å²) in [6.45, 7) is 7.58. The van der Waals surface area contributed by atoms with Crippen molar-refractivity contribution in [3.8, 4) is 0 Å². The molecule has 0 aliphatic rings. The number of hydrogen-bond donors (Lipinski definition) is 2. The van der Waals surface area contributed by atoms with Crippen LogP contribution in [0.25, 0.3) is 0 Å². The highest BCUT2D eigenvalue weighted by atomic mass is 32.2. The van der Waals surface area contributed by atoms with E-state index in [1.807, 2.05) is 13.8 Å². The Labute approximate surface area is 131 Å². The number of primary amides is 1. The van der Waals surface area contributed by atoms with Gasteiger partial charge in [-0.05, 0) is 11.7 Å². The standard InChI is InChI=1S/C14H28N2O4S/c1-4-5-6-19-7-8-20-9-13(17)16-12(14(15)18)10-21-11(2)3/h11-12H,4-10H2,1-3H3,(H2,15,18)(H,16,17)/t12-/m1/s1. The third kappa shape index (κ3) is 12.6. The van der Waals surface area contributed by atoms with E-state index in [-0.39, 0.29) is 12.5 Å². The predicted molar refractivity (Wildman–Crippen MR) is 85.3 cm³/mol. The monoisotopic (exact) mass is 320 g/mol. The summed E-state index contributed by atoms with van der Waals surface area (Å²) in [5.41, 5.74) is 5.27. The van der Waals surface area contributed by atoms with Gasteiger partial charge in [-0.25, -0.2) is 0 Å². The van der Waals surface area contributed by atoms with Gasteiger partial charge in [0.05, 0.1) is 13.2 Å². The number of nitrogens with one attached hydrogen (secondary N) is 1. The van der Waals surface area contributed by atoms with Gasteiger partial charge in [0.2, 0.25) is 11.8 Å². The molecule has 0 saturated heterocycles. The van der Waals surface area contributed by atoms with Gasteiger partial charge in [0.1, 0.15) is 12.6 Å². The average Bonchev–Trinajstić information content (AvgIpc) is 2.41. The van der Waals surface area contributed by atoms with E-state index in [0.717, 1.165) is 12.8 Å². The van der Waals surface area contributed by atoms with E-state index >= 15 is 0 Å². The van der Waals surface area contributed by atoms with Crippen molar-refractivity contribution < 1.29 is 19.1 Å². The van der Waals surface area contributed by atoms with Crippen LogP contribution in [0.15, 0.2) is 0 Å². The summed E-state index contributed by atoms with van der Waals surface area (Å²) in [7, 11) is 0. The number of carbonyl (C=O) groups is 2. The Morgan fingerprint density at radius 1 is 1.19 bits per heavy atom. The Morgan fingerprint density at radius 2 is 1.86 bits per heavy atom. The van der Waals surface area contributed by atoms with Gasteiger partial charge in [-0.1, -0.05) is 27.2 Å². The average molecular weight is 320 g/mol. The SMILES string of the molecule is CCCCOCCOCC(=O)N[C@H](CSC(C)C)C(N)=O. The molecule has 0 spiro atoms. The summed E-state index contributed by atoms with van der Waals surface area (Å²) >= 11 is 1.57. The van der Waals surface area contributed by atoms with Gasteiger partial charge in [0.15, 0.2) is 0 Å². The van der Waals surface area contributed by atoms with Gasteiger partial charge in [0, 0.05) is 12.4 Å². The number of carbonyl (C=O) groups excluding carboxylic acids is 2. The number of amides is 2. The topological polar surface area (TPSA) is 90.7 Å². The molecular formula is C14H28N2O4S. The van der Waals surface area contributed by atoms with E-state index in [1.54, 1.807) is 11.8 Å². The number of ether oxygens (including phenoxy) is 2. The maximum atomic E-state index is 11.6. The van der Waals surface area contributed by atoms with E-state index in [0.29, 0.717) is 30.8 Å². The highest BCUT2D eigenvalue weighted by molar-refractivity contribution is 7.99. The largest absolute Gasteiger partial charge is 0.379 e. The van der Waals surface area contributed by atoms with Crippen LogP contribution in [0.5, 0.6) is 0 Å². The molecule has 21 heavy (non-hydrogen) atoms. The molecule has 0 aliphatic carbocycles. The van der Waals surface area contributed by atoms with E-state index < -0.39 is 11.9 Å². The molecule has 0 heterocycles. The lowest BCUT2D eigenvalue weighted by molar-refractivity contribution is -0.130. The van der Waals surface area contributed by atoms with Crippen molar-refractivity contribution in [1.82, 2.24) is 5.32 Å². The molecule has 1 atom stereocenters. The van der Waals surface area contributed by atoms with E-state index in [9.17, 15) is 9.59 Å². The minimum absolute atomic E-state index is 0.0900. The van der Waals surface area contributed by atoms with Crippen LogP contribution < -0.4 is 11.1 Å². The predicted octanol–water partition coefficient (Wildman–Crippen LogP) is 0.931. The van der Waals surface area contributed by atoms with Gasteiger partial charge in [-0.2, -0.15) is 11.8 Å². The zero-order valence-corrected chi connectivity index (χ0v) is 14.0. The van der Waals surface area contributed by atoms with Crippen molar-refractivity contribution in [3.05, 3.63) is 0 Å². The maximum absolute atomic E-state index is 11.6. The van der Waals surface area contributed by atoms with Crippen LogP contribution in [0, 0.1) is 0 Å². The van der Waals surface area contributed by atoms with Crippen molar-refractivity contribution in [1.29, 1.82) is 0 Å². The molecule has 6 nitrogen and oxygen atoms in total. The zero-order chi connectivity index (χ0) is 16.1. The Balaban J connectivity index is 3.75. The van der Waals surface area contributed by atoms with Crippen LogP contribution in [0.2, 0.25) is 0 Å². The van der Waals surface area contributed by atoms with Crippen LogP contribution in [0.4, 0.5) is 0 Å². The second kappa shape index (κ2) is 12.9. The fraction of sp³-hybridized carbons (Fsp3) is 0.857. The summed E-state index contributed by atoms with van der Waals surface area (Å²) in [4.78, 5) is 22.9. The molecule has 3 N–H and O–H groups in total. The molecule has 0 unspecified atom stereocenters. The first-order chi connectivity index (χ1) is 9.97. The van der Waals surface area contributed by atoms with Crippen molar-refractivity contribution in [2.45, 2.75) is 44.9 Å². The van der Waals surface area contributed by atoms with Gasteiger partial charge in [-0.3, -0.25) is 9.59 Å². The molecule has 7 heteroatoms. The normalized spacial score (nSPS) is 12.4. The van der Waals surface area contributed by atoms with Crippen LogP contribution >= 0.6 is 11.8 Å². The number of nitrogens with two attached hydrogens (primary N) is 1. The summed E-state index contributed by atoms with van der Waals surface area (Å²) in [5.74, 6) is -0.394. The molecule has 0 aromatic heterocycles. The van der Waals surface area contributed by atoms with Crippen LogP contribution in [-0.2, 0) is 19.1 Å². The Morgan fingerprint density at radius 3 is 2.43 bits per heavy atom. The third-order valence-electron chi connectivity index (χ3n) is 2.52. The lowest BCUT2D eigenvalue weighted by Crippen LogP contribution is -2.47. The van der Waals surface area contributed by atoms with Crippen LogP contribution in [-0.4, -0.2) is 55.3 Å². The fourth-order valence-electron chi connectivity index (χ4n) is 1.35. The number of rotatable bonds is 13. The molecule has 2 amide bonds. The van der Waals surface area contributed by atoms with Crippen LogP contribution in [0.3, 0.4) is 0 Å². The molecular weight excluding hydrogens is 292 g/mol. The van der Waals surface area contributed by atoms with E-state index in [2.05, 4.69) is 12.2 Å². The fourth-order valence-corrected chi connectivity index (χ4v) is 2.18. The van der Waals surface area contributed by atoms with E-state index in [1.165, 1.54) is 0 Å². The quantitative estimate of drug-likeness (QED) is 0.493. The maximum Gasteiger partial charge on any atom is 0.246 e. The lowest BCUT2D eigenvalue weighted by Gasteiger charge is -2.16. The highest BCUT2D eigenvalue weighted by Crippen LogP contribution is 2.10. The first kappa shape index (κ1) is 20.2. The van der Waals surface area contributed by atoms with E-state index in [4.69, 9.17) is 15.2 Å². The molecule has 0 radical (unpaired) electrons. The first-order valence-electron chi connectivity index (χ1n) is 7.33. The van der Waals surface area contributed by atoms with Crippen molar-refractivity contribution in [3.63, 3.8) is 0 Å². The molecule has 0 bridgehead atoms. The number of unbranched alkanes of at least 4 members (excludes halogenated alkanes) is 1. The van der Waals surface area contributed by atoms with Gasteiger partial charge in [0.25, 0.3) is 0 Å². The molecule has 0 fully saturated rings. The minimum atomic E-state index is -0.658. The molecule has 0 rings (SSSR count). The van der Waals surface area contributed by atoms with Crippen molar-refractivity contribution in [2.24, 2.45) is 5.73 Å². The number of thioether (sulfide) groups is 1. The molecule has 0 aromatic carbocycles. The minimum Gasteiger partial charge on any atom is -0.379 e. The lowest BCUT2D eigenvalue weighted by atomic mass is 10.3. The second-order valence-corrected chi connectivity index (χ2v) is 6.53. The Hall–Kier alpha value is -0.790. The van der Waals surface area contributed by atoms with Crippen LogP contribution in [0.1, 0.15) is 33.6 Å². The summed E-state index contributed by atoms with van der Waals surface area (Å²) < 4.78 is 10.5. The zero-order valence-electron chi connectivity index (χ0n) is 13.2. The summed E-state index contributed by atoms with van der Waals surface area (Å²) in [5, 5.41) is 2.96. The molecule has 124 valence electrons. The van der Waals surface area contributed by atoms with Gasteiger partial charge in [-0.15, -0.1) is 0 Å². The Kier molecular flexibility index (Phi) is 12.4. The molecule has 0 aromatic rings. The Bertz CT molecular complexity index is 301. The third-order valence-corrected chi connectivity index (χ3v) is 3.71. The smallest absolute Gasteiger partial charge is 0.246 e. The van der Waals surface area contributed by atoms with Crippen molar-refractivity contribution >= 4 is 23.6 Å². The summed E-state index contributed by atoms with van der Waals surface area (Å²) in [6.07, 6.45) is 2.11.